The van der Waals surface area contributed by atoms with Gasteiger partial charge in [0.05, 0.1) is 27.7 Å². The van der Waals surface area contributed by atoms with Crippen molar-refractivity contribution in [3.8, 4) is 0 Å². The maximum absolute atomic E-state index is 12.8. The number of phosphoric acid groups is 1. The molecule has 0 saturated carbocycles. The zero-order chi connectivity index (χ0) is 54.9. The molecule has 0 heterocycles. The van der Waals surface area contributed by atoms with Gasteiger partial charge in [-0.3, -0.25) is 14.2 Å². The summed E-state index contributed by atoms with van der Waals surface area (Å²) in [6, 6.07) is 0. The Morgan fingerprint density at radius 3 is 1.13 bits per heavy atom. The number of carbonyl (C=O) groups is 2. The van der Waals surface area contributed by atoms with Crippen molar-refractivity contribution in [2.24, 2.45) is 0 Å². The number of ether oxygens (including phenoxy) is 2. The Morgan fingerprint density at radius 2 is 0.760 bits per heavy atom. The third kappa shape index (κ3) is 60.5. The van der Waals surface area contributed by atoms with E-state index in [-0.39, 0.29) is 32.0 Å². The Bertz CT molecular complexity index is 1500. The fraction of sp³-hybridized carbons (Fsp3) is 0.785. The molecular formula is C65H118NO8P. The van der Waals surface area contributed by atoms with Crippen molar-refractivity contribution < 1.29 is 42.1 Å². The first-order valence-electron chi connectivity index (χ1n) is 31.1. The summed E-state index contributed by atoms with van der Waals surface area (Å²) in [5.74, 6) is -0.855. The van der Waals surface area contributed by atoms with E-state index in [1.165, 1.54) is 161 Å². The Morgan fingerprint density at radius 1 is 0.427 bits per heavy atom. The van der Waals surface area contributed by atoms with Crippen LogP contribution in [0.15, 0.2) is 72.9 Å². The van der Waals surface area contributed by atoms with Gasteiger partial charge in [-0.15, -0.1) is 0 Å². The second-order valence-corrected chi connectivity index (χ2v) is 23.5. The predicted molar refractivity (Wildman–Crippen MR) is 319 cm³/mol. The number of quaternary nitrogens is 1. The topological polar surface area (TPSA) is 111 Å². The van der Waals surface area contributed by atoms with Crippen LogP contribution < -0.4 is 4.89 Å². The van der Waals surface area contributed by atoms with Crippen molar-refractivity contribution in [1.29, 1.82) is 0 Å². The lowest BCUT2D eigenvalue weighted by Crippen LogP contribution is -2.37. The maximum atomic E-state index is 12.8. The smallest absolute Gasteiger partial charge is 0.306 e. The fourth-order valence-corrected chi connectivity index (χ4v) is 9.45. The lowest BCUT2D eigenvalue weighted by Gasteiger charge is -2.28. The number of phosphoric ester groups is 1. The maximum Gasteiger partial charge on any atom is 0.306 e. The minimum absolute atomic E-state index is 0.0382. The highest BCUT2D eigenvalue weighted by molar-refractivity contribution is 7.45. The van der Waals surface area contributed by atoms with E-state index < -0.39 is 26.5 Å². The van der Waals surface area contributed by atoms with Gasteiger partial charge in [0.15, 0.2) is 6.10 Å². The molecule has 0 bridgehead atoms. The van der Waals surface area contributed by atoms with Crippen LogP contribution in [0.2, 0.25) is 0 Å². The van der Waals surface area contributed by atoms with Crippen LogP contribution >= 0.6 is 7.82 Å². The van der Waals surface area contributed by atoms with E-state index in [1.54, 1.807) is 0 Å². The molecule has 0 fully saturated rings. The highest BCUT2D eigenvalue weighted by atomic mass is 31.2. The van der Waals surface area contributed by atoms with Crippen LogP contribution in [0.25, 0.3) is 0 Å². The number of likely N-dealkylation sites (N-methyl/N-ethyl adjacent to an activating group) is 1. The largest absolute Gasteiger partial charge is 0.756 e. The van der Waals surface area contributed by atoms with Crippen molar-refractivity contribution in [2.45, 2.75) is 283 Å². The summed E-state index contributed by atoms with van der Waals surface area (Å²) in [5.41, 5.74) is 0. The van der Waals surface area contributed by atoms with Gasteiger partial charge in [-0.1, -0.05) is 273 Å². The number of hydrogen-bond acceptors (Lipinski definition) is 8. The van der Waals surface area contributed by atoms with Gasteiger partial charge in [0, 0.05) is 12.8 Å². The van der Waals surface area contributed by atoms with Gasteiger partial charge in [-0.25, -0.2) is 0 Å². The second kappa shape index (κ2) is 56.2. The molecule has 2 unspecified atom stereocenters. The molecule has 10 heteroatoms. The van der Waals surface area contributed by atoms with Crippen molar-refractivity contribution in [2.75, 3.05) is 47.5 Å². The van der Waals surface area contributed by atoms with Gasteiger partial charge in [-0.2, -0.15) is 0 Å². The number of unbranched alkanes of at least 4 members (excludes halogenated alkanes) is 31. The predicted octanol–water partition coefficient (Wildman–Crippen LogP) is 19.0. The number of allylic oxidation sites excluding steroid dienone is 12. The zero-order valence-electron chi connectivity index (χ0n) is 49.5. The van der Waals surface area contributed by atoms with Crippen LogP contribution in [0.5, 0.6) is 0 Å². The Kier molecular flexibility index (Phi) is 54.3. The van der Waals surface area contributed by atoms with Gasteiger partial charge >= 0.3 is 11.9 Å². The molecule has 0 aliphatic heterocycles. The summed E-state index contributed by atoms with van der Waals surface area (Å²) >= 11 is 0. The van der Waals surface area contributed by atoms with Crippen LogP contribution in [0.1, 0.15) is 277 Å². The number of nitrogens with zero attached hydrogens (tertiary/aromatic N) is 1. The standard InChI is InChI=1S/C65H118NO8P/c1-6-8-10-12-14-16-18-20-22-24-26-28-30-31-32-33-34-36-37-39-41-43-45-47-49-51-53-55-57-64(67)71-61-63(62-73-75(69,70)72-60-59-66(3,4)5)74-65(68)58-56-54-52-50-48-46-44-42-40-38-35-29-27-25-23-21-19-17-15-13-11-9-7-2/h9,11,15,17,21,23,27,29,38,40,44,46,63H,6-8,10,12-14,16,18-20,22,24-26,28,30-37,39,41-43,45,47-62H2,1-5H3/b11-9-,17-15-,23-21-,29-27-,40-38-,46-44-. The molecule has 0 aromatic heterocycles. The summed E-state index contributed by atoms with van der Waals surface area (Å²) in [5, 5.41) is 0. The summed E-state index contributed by atoms with van der Waals surface area (Å²) in [4.78, 5) is 37.9. The monoisotopic (exact) mass is 1070 g/mol. The molecule has 2 atom stereocenters. The summed E-state index contributed by atoms with van der Waals surface area (Å²) in [7, 11) is 1.15. The molecule has 0 aliphatic rings. The van der Waals surface area contributed by atoms with E-state index in [2.05, 4.69) is 86.8 Å². The van der Waals surface area contributed by atoms with Crippen LogP contribution in [0.3, 0.4) is 0 Å². The highest BCUT2D eigenvalue weighted by Crippen LogP contribution is 2.38. The molecule has 75 heavy (non-hydrogen) atoms. The first-order valence-corrected chi connectivity index (χ1v) is 32.6. The number of esters is 2. The lowest BCUT2D eigenvalue weighted by atomic mass is 10.0. The van der Waals surface area contributed by atoms with E-state index in [0.717, 1.165) is 83.5 Å². The molecule has 0 aromatic rings. The van der Waals surface area contributed by atoms with E-state index in [9.17, 15) is 19.0 Å². The molecule has 0 radical (unpaired) electrons. The first-order chi connectivity index (χ1) is 36.5. The van der Waals surface area contributed by atoms with Gasteiger partial charge in [0.1, 0.15) is 19.8 Å². The Balaban J connectivity index is 4.14. The SMILES string of the molecule is CC/C=C\C/C=C\C/C=C\C/C=C\C/C=C\C/C=C\CCCCCCC(=O)OC(COC(=O)CCCCCCCCCCCCCCCCCCCCCCCCCCCCCC)COP(=O)([O-])OCC[N+](C)(C)C. The van der Waals surface area contributed by atoms with E-state index in [4.69, 9.17) is 18.5 Å². The van der Waals surface area contributed by atoms with Crippen LogP contribution in [0, 0.1) is 0 Å². The van der Waals surface area contributed by atoms with Crippen molar-refractivity contribution in [3.63, 3.8) is 0 Å². The molecular weight excluding hydrogens is 954 g/mol. The summed E-state index contributed by atoms with van der Waals surface area (Å²) in [6.07, 6.45) is 73.9. The van der Waals surface area contributed by atoms with Crippen LogP contribution in [-0.2, 0) is 32.7 Å². The first kappa shape index (κ1) is 72.5. The average molecular weight is 1070 g/mol. The van der Waals surface area contributed by atoms with Crippen LogP contribution in [0.4, 0.5) is 0 Å². The Labute approximate surface area is 463 Å². The fourth-order valence-electron chi connectivity index (χ4n) is 8.72. The minimum Gasteiger partial charge on any atom is -0.756 e. The summed E-state index contributed by atoms with van der Waals surface area (Å²) in [6.45, 7) is 4.13. The van der Waals surface area contributed by atoms with Crippen molar-refractivity contribution in [3.05, 3.63) is 72.9 Å². The Hall–Kier alpha value is -2.55. The number of rotatable bonds is 57. The molecule has 436 valence electrons. The molecule has 0 N–H and O–H groups in total. The van der Waals surface area contributed by atoms with E-state index in [0.29, 0.717) is 17.4 Å². The highest BCUT2D eigenvalue weighted by Gasteiger charge is 2.22. The molecule has 0 saturated heterocycles. The molecule has 0 spiro atoms. The quantitative estimate of drug-likeness (QED) is 0.0195. The number of carbonyl (C=O) groups excluding carboxylic acids is 2. The second-order valence-electron chi connectivity index (χ2n) is 22.0. The van der Waals surface area contributed by atoms with Crippen molar-refractivity contribution in [1.82, 2.24) is 0 Å². The molecule has 0 rings (SSSR count). The lowest BCUT2D eigenvalue weighted by molar-refractivity contribution is -0.870. The van der Waals surface area contributed by atoms with Crippen molar-refractivity contribution >= 4 is 19.8 Å². The third-order valence-electron chi connectivity index (χ3n) is 13.5. The van der Waals surface area contributed by atoms with E-state index >= 15 is 0 Å². The number of hydrogen-bond donors (Lipinski definition) is 0. The molecule has 9 nitrogen and oxygen atoms in total. The zero-order valence-corrected chi connectivity index (χ0v) is 50.4. The van der Waals surface area contributed by atoms with Crippen LogP contribution in [-0.4, -0.2) is 70.0 Å². The minimum atomic E-state index is -4.65. The summed E-state index contributed by atoms with van der Waals surface area (Å²) < 4.78 is 34.2. The van der Waals surface area contributed by atoms with Gasteiger partial charge in [-0.05, 0) is 64.2 Å². The van der Waals surface area contributed by atoms with Gasteiger partial charge in [0.2, 0.25) is 0 Å². The third-order valence-corrected chi connectivity index (χ3v) is 14.5. The van der Waals surface area contributed by atoms with Gasteiger partial charge < -0.3 is 27.9 Å². The normalized spacial score (nSPS) is 13.7. The van der Waals surface area contributed by atoms with E-state index in [1.807, 2.05) is 21.1 Å². The molecule has 0 aliphatic carbocycles. The molecule has 0 amide bonds. The van der Waals surface area contributed by atoms with Gasteiger partial charge in [0.25, 0.3) is 7.82 Å². The molecule has 0 aromatic carbocycles. The average Bonchev–Trinajstić information content (AvgIpc) is 3.37.